The van der Waals surface area contributed by atoms with Crippen LogP contribution in [-0.2, 0) is 9.53 Å². The minimum Gasteiger partial charge on any atom is -0.493 e. The summed E-state index contributed by atoms with van der Waals surface area (Å²) in [7, 11) is 1.47. The standard InChI is InChI=1S/C20H27NO5/c1-11-14-8-13(20(14,2)3)9-16(11)26-19(23)12-5-6-15(17(7-12)24-4)25-10-18(21)22/h5-7,11,13-14,16H,8-10H2,1-4H3,(H2,21,22)/t11-,13-,14+,16-/m1/s1. The van der Waals surface area contributed by atoms with E-state index < -0.39 is 5.91 Å². The monoisotopic (exact) mass is 361 g/mol. The third-order valence-electron chi connectivity index (χ3n) is 6.31. The predicted molar refractivity (Wildman–Crippen MR) is 96.0 cm³/mol. The van der Waals surface area contributed by atoms with Crippen molar-refractivity contribution in [2.24, 2.45) is 28.9 Å². The highest BCUT2D eigenvalue weighted by Crippen LogP contribution is 2.61. The maximum Gasteiger partial charge on any atom is 0.338 e. The predicted octanol–water partition coefficient (Wildman–Crippen LogP) is 2.79. The first-order valence-corrected chi connectivity index (χ1v) is 9.04. The van der Waals surface area contributed by atoms with E-state index in [0.29, 0.717) is 40.2 Å². The first-order chi connectivity index (χ1) is 12.2. The van der Waals surface area contributed by atoms with Crippen molar-refractivity contribution in [3.05, 3.63) is 23.8 Å². The lowest BCUT2D eigenvalue weighted by Gasteiger charge is -2.61. The molecule has 3 aliphatic carbocycles. The number of amides is 1. The molecule has 1 amide bonds. The molecule has 0 radical (unpaired) electrons. The fourth-order valence-corrected chi connectivity index (χ4v) is 4.53. The molecule has 1 aromatic carbocycles. The summed E-state index contributed by atoms with van der Waals surface area (Å²) in [6, 6.07) is 4.76. The van der Waals surface area contributed by atoms with Crippen LogP contribution in [0.1, 0.15) is 44.0 Å². The van der Waals surface area contributed by atoms with Crippen LogP contribution in [0.2, 0.25) is 0 Å². The molecule has 0 heterocycles. The van der Waals surface area contributed by atoms with Gasteiger partial charge in [0.1, 0.15) is 6.10 Å². The molecule has 6 heteroatoms. The molecular weight excluding hydrogens is 334 g/mol. The zero-order valence-electron chi connectivity index (χ0n) is 15.8. The summed E-state index contributed by atoms with van der Waals surface area (Å²) in [5, 5.41) is 0. The minimum absolute atomic E-state index is 0.0453. The van der Waals surface area contributed by atoms with Crippen LogP contribution in [0.4, 0.5) is 0 Å². The second kappa shape index (κ2) is 6.82. The highest BCUT2D eigenvalue weighted by atomic mass is 16.5. The Morgan fingerprint density at radius 1 is 1.23 bits per heavy atom. The number of rotatable bonds is 6. The van der Waals surface area contributed by atoms with Gasteiger partial charge in [-0.2, -0.15) is 0 Å². The average Bonchev–Trinajstić information content (AvgIpc) is 2.60. The summed E-state index contributed by atoms with van der Waals surface area (Å²) in [4.78, 5) is 23.5. The number of esters is 1. The molecule has 2 bridgehead atoms. The van der Waals surface area contributed by atoms with Crippen LogP contribution in [0.15, 0.2) is 18.2 Å². The van der Waals surface area contributed by atoms with Gasteiger partial charge in [-0.05, 0) is 54.2 Å². The van der Waals surface area contributed by atoms with Crippen molar-refractivity contribution < 1.29 is 23.8 Å². The molecule has 0 spiro atoms. The third kappa shape index (κ3) is 3.24. The Hall–Kier alpha value is -2.24. The molecule has 0 aliphatic heterocycles. The van der Waals surface area contributed by atoms with Gasteiger partial charge in [-0.1, -0.05) is 20.8 Å². The highest BCUT2D eigenvalue weighted by molar-refractivity contribution is 5.90. The van der Waals surface area contributed by atoms with Gasteiger partial charge in [0, 0.05) is 0 Å². The average molecular weight is 361 g/mol. The van der Waals surface area contributed by atoms with E-state index in [1.54, 1.807) is 18.2 Å². The number of carbonyl (C=O) groups excluding carboxylic acids is 2. The van der Waals surface area contributed by atoms with E-state index in [4.69, 9.17) is 19.9 Å². The SMILES string of the molecule is COc1cc(C(=O)O[C@@H]2C[C@H]3C[C@@H]([C@H]2C)C3(C)C)ccc1OCC(N)=O. The van der Waals surface area contributed by atoms with Crippen LogP contribution >= 0.6 is 0 Å². The number of nitrogens with two attached hydrogens (primary N) is 1. The van der Waals surface area contributed by atoms with Crippen molar-refractivity contribution in [2.75, 3.05) is 13.7 Å². The van der Waals surface area contributed by atoms with Crippen LogP contribution in [0.5, 0.6) is 11.5 Å². The zero-order valence-corrected chi connectivity index (χ0v) is 15.8. The number of ether oxygens (including phenoxy) is 3. The molecule has 4 atom stereocenters. The number of methoxy groups -OCH3 is 1. The van der Waals surface area contributed by atoms with E-state index in [2.05, 4.69) is 20.8 Å². The van der Waals surface area contributed by atoms with Gasteiger partial charge < -0.3 is 19.9 Å². The minimum atomic E-state index is -0.580. The Kier molecular flexibility index (Phi) is 4.86. The molecule has 4 rings (SSSR count). The van der Waals surface area contributed by atoms with E-state index in [1.165, 1.54) is 13.5 Å². The van der Waals surface area contributed by atoms with Crippen LogP contribution in [0.3, 0.4) is 0 Å². The molecule has 0 unspecified atom stereocenters. The Morgan fingerprint density at radius 3 is 2.54 bits per heavy atom. The molecule has 3 aliphatic rings. The van der Waals surface area contributed by atoms with Gasteiger partial charge in [-0.3, -0.25) is 4.79 Å². The smallest absolute Gasteiger partial charge is 0.338 e. The summed E-state index contributed by atoms with van der Waals surface area (Å²) < 4.78 is 16.3. The van der Waals surface area contributed by atoms with Gasteiger partial charge in [0.25, 0.3) is 5.91 Å². The largest absolute Gasteiger partial charge is 0.493 e. The number of benzene rings is 1. The second-order valence-corrected chi connectivity index (χ2v) is 8.02. The Labute approximate surface area is 154 Å². The first kappa shape index (κ1) is 18.5. The molecule has 0 aromatic heterocycles. The molecule has 26 heavy (non-hydrogen) atoms. The highest BCUT2D eigenvalue weighted by Gasteiger charge is 2.57. The van der Waals surface area contributed by atoms with Crippen molar-refractivity contribution in [3.63, 3.8) is 0 Å². The summed E-state index contributed by atoms with van der Waals surface area (Å²) in [6.45, 7) is 6.56. The maximum absolute atomic E-state index is 12.6. The normalized spacial score (nSPS) is 28.6. The molecule has 2 N–H and O–H groups in total. The number of primary amides is 1. The summed E-state index contributed by atoms with van der Waals surface area (Å²) >= 11 is 0. The molecule has 1 aromatic rings. The molecular formula is C20H27NO5. The van der Waals surface area contributed by atoms with Gasteiger partial charge in [0.2, 0.25) is 0 Å². The van der Waals surface area contributed by atoms with Gasteiger partial charge in [0.05, 0.1) is 12.7 Å². The van der Waals surface area contributed by atoms with Crippen molar-refractivity contribution >= 4 is 11.9 Å². The summed E-state index contributed by atoms with van der Waals surface area (Å²) in [6.07, 6.45) is 2.12. The van der Waals surface area contributed by atoms with E-state index >= 15 is 0 Å². The topological polar surface area (TPSA) is 87.8 Å². The lowest BCUT2D eigenvalue weighted by atomic mass is 9.45. The van der Waals surface area contributed by atoms with Crippen molar-refractivity contribution in [1.29, 1.82) is 0 Å². The second-order valence-electron chi connectivity index (χ2n) is 8.02. The van der Waals surface area contributed by atoms with Crippen LogP contribution in [-0.4, -0.2) is 31.7 Å². The zero-order chi connectivity index (χ0) is 19.1. The van der Waals surface area contributed by atoms with Crippen molar-refractivity contribution in [2.45, 2.75) is 39.7 Å². The molecule has 3 saturated carbocycles. The Bertz CT molecular complexity index is 714. The number of carbonyl (C=O) groups is 2. The lowest BCUT2D eigenvalue weighted by molar-refractivity contribution is -0.156. The van der Waals surface area contributed by atoms with E-state index in [9.17, 15) is 9.59 Å². The lowest BCUT2D eigenvalue weighted by Crippen LogP contribution is -2.57. The van der Waals surface area contributed by atoms with E-state index in [1.807, 2.05) is 0 Å². The van der Waals surface area contributed by atoms with Gasteiger partial charge in [-0.15, -0.1) is 0 Å². The number of fused-ring (bicyclic) bond motifs is 2. The molecule has 0 saturated heterocycles. The molecule has 142 valence electrons. The first-order valence-electron chi connectivity index (χ1n) is 9.04. The maximum atomic E-state index is 12.6. The van der Waals surface area contributed by atoms with E-state index in [-0.39, 0.29) is 18.7 Å². The van der Waals surface area contributed by atoms with Crippen LogP contribution in [0.25, 0.3) is 0 Å². The van der Waals surface area contributed by atoms with Gasteiger partial charge in [0.15, 0.2) is 18.1 Å². The number of hydrogen-bond acceptors (Lipinski definition) is 5. The third-order valence-corrected chi connectivity index (χ3v) is 6.31. The fourth-order valence-electron chi connectivity index (χ4n) is 4.53. The Morgan fingerprint density at radius 2 is 1.96 bits per heavy atom. The summed E-state index contributed by atoms with van der Waals surface area (Å²) in [5.74, 6) is 1.38. The van der Waals surface area contributed by atoms with E-state index in [0.717, 1.165) is 6.42 Å². The number of hydrogen-bond donors (Lipinski definition) is 1. The van der Waals surface area contributed by atoms with Crippen molar-refractivity contribution in [3.8, 4) is 11.5 Å². The Balaban J connectivity index is 1.68. The quantitative estimate of drug-likeness (QED) is 0.787. The molecule has 6 nitrogen and oxygen atoms in total. The summed E-state index contributed by atoms with van der Waals surface area (Å²) in [5.41, 5.74) is 5.84. The fraction of sp³-hybridized carbons (Fsp3) is 0.600. The molecule has 3 fully saturated rings. The van der Waals surface area contributed by atoms with Gasteiger partial charge in [-0.25, -0.2) is 4.79 Å². The van der Waals surface area contributed by atoms with Crippen molar-refractivity contribution in [1.82, 2.24) is 0 Å². The van der Waals surface area contributed by atoms with Crippen LogP contribution in [0, 0.1) is 23.2 Å². The van der Waals surface area contributed by atoms with Gasteiger partial charge >= 0.3 is 5.97 Å². The van der Waals surface area contributed by atoms with Crippen LogP contribution < -0.4 is 15.2 Å².